The molecular weight excluding hydrogens is 234 g/mol. The molecule has 0 aliphatic carbocycles. The van der Waals surface area contributed by atoms with E-state index in [1.807, 2.05) is 6.92 Å². The lowest BCUT2D eigenvalue weighted by Gasteiger charge is -2.19. The van der Waals surface area contributed by atoms with Gasteiger partial charge in [-0.3, -0.25) is 14.5 Å². The third kappa shape index (κ3) is 4.42. The maximum Gasteiger partial charge on any atom is 0.231 e. The van der Waals surface area contributed by atoms with Crippen LogP contribution < -0.4 is 11.5 Å². The number of nitrogens with zero attached hydrogens (tertiary/aromatic N) is 1. The molecule has 6 nitrogen and oxygen atoms in total. The van der Waals surface area contributed by atoms with Gasteiger partial charge in [-0.05, 0) is 13.0 Å². The second kappa shape index (κ2) is 6.02. The third-order valence-electron chi connectivity index (χ3n) is 2.39. The highest BCUT2D eigenvalue weighted by molar-refractivity contribution is 5.79. The molecule has 0 unspecified atom stereocenters. The van der Waals surface area contributed by atoms with Crippen LogP contribution in [-0.2, 0) is 16.1 Å². The number of hydrogen-bond acceptors (Lipinski definition) is 4. The minimum Gasteiger partial charge on any atom is -0.508 e. The van der Waals surface area contributed by atoms with Gasteiger partial charge in [0.05, 0.1) is 13.1 Å². The zero-order valence-corrected chi connectivity index (χ0v) is 10.2. The molecule has 1 aromatic rings. The van der Waals surface area contributed by atoms with Crippen LogP contribution in [0.15, 0.2) is 18.2 Å². The number of rotatable bonds is 6. The second-order valence-corrected chi connectivity index (χ2v) is 4.21. The van der Waals surface area contributed by atoms with Crippen molar-refractivity contribution in [3.05, 3.63) is 29.3 Å². The Balaban J connectivity index is 2.84. The van der Waals surface area contributed by atoms with Gasteiger partial charge in [0.25, 0.3) is 0 Å². The molecule has 0 spiro atoms. The smallest absolute Gasteiger partial charge is 0.231 e. The minimum atomic E-state index is -0.552. The van der Waals surface area contributed by atoms with E-state index in [1.165, 1.54) is 4.90 Å². The predicted molar refractivity (Wildman–Crippen MR) is 66.5 cm³/mol. The van der Waals surface area contributed by atoms with Crippen LogP contribution in [0.3, 0.4) is 0 Å². The molecule has 0 saturated heterocycles. The lowest BCUT2D eigenvalue weighted by molar-refractivity contribution is -0.122. The Morgan fingerprint density at radius 3 is 2.28 bits per heavy atom. The van der Waals surface area contributed by atoms with Crippen molar-refractivity contribution in [1.29, 1.82) is 0 Å². The molecule has 5 N–H and O–H groups in total. The molecule has 98 valence electrons. The molecule has 0 heterocycles. The Kier molecular flexibility index (Phi) is 4.67. The van der Waals surface area contributed by atoms with E-state index in [-0.39, 0.29) is 25.4 Å². The van der Waals surface area contributed by atoms with Crippen molar-refractivity contribution >= 4 is 11.8 Å². The molecule has 0 fully saturated rings. The van der Waals surface area contributed by atoms with Crippen LogP contribution in [0.1, 0.15) is 11.1 Å². The Hall–Kier alpha value is -2.08. The molecule has 0 aliphatic heterocycles. The first kappa shape index (κ1) is 14.0. The summed E-state index contributed by atoms with van der Waals surface area (Å²) in [6.45, 7) is 1.95. The summed E-state index contributed by atoms with van der Waals surface area (Å²) in [6, 6.07) is 5.12. The van der Waals surface area contributed by atoms with Crippen molar-refractivity contribution < 1.29 is 14.7 Å². The van der Waals surface area contributed by atoms with Gasteiger partial charge >= 0.3 is 0 Å². The van der Waals surface area contributed by atoms with Crippen LogP contribution in [0.25, 0.3) is 0 Å². The van der Waals surface area contributed by atoms with Crippen LogP contribution in [0.5, 0.6) is 5.75 Å². The fourth-order valence-electron chi connectivity index (χ4n) is 1.69. The molecule has 0 atom stereocenters. The van der Waals surface area contributed by atoms with Gasteiger partial charge in [0, 0.05) is 12.1 Å². The van der Waals surface area contributed by atoms with Crippen molar-refractivity contribution in [3.63, 3.8) is 0 Å². The zero-order chi connectivity index (χ0) is 13.7. The van der Waals surface area contributed by atoms with E-state index in [2.05, 4.69) is 0 Å². The minimum absolute atomic E-state index is 0.0870. The first-order valence-electron chi connectivity index (χ1n) is 5.46. The summed E-state index contributed by atoms with van der Waals surface area (Å²) in [6.07, 6.45) is 0. The second-order valence-electron chi connectivity index (χ2n) is 4.21. The van der Waals surface area contributed by atoms with Gasteiger partial charge in [0.1, 0.15) is 5.75 Å². The van der Waals surface area contributed by atoms with E-state index in [0.717, 1.165) is 5.56 Å². The average Bonchev–Trinajstić information content (AvgIpc) is 2.21. The van der Waals surface area contributed by atoms with Crippen molar-refractivity contribution in [1.82, 2.24) is 4.90 Å². The van der Waals surface area contributed by atoms with E-state index < -0.39 is 11.8 Å². The standard InChI is InChI=1S/C12H17N3O3/c1-8-2-3-10(16)9(4-8)5-15(6-11(13)17)7-12(14)18/h2-4,16H,5-7H2,1H3,(H2,13,17)(H2,14,18). The van der Waals surface area contributed by atoms with Gasteiger partial charge in [-0.2, -0.15) is 0 Å². The number of benzene rings is 1. The van der Waals surface area contributed by atoms with E-state index in [4.69, 9.17) is 11.5 Å². The number of nitrogens with two attached hydrogens (primary N) is 2. The number of hydrogen-bond donors (Lipinski definition) is 3. The summed E-state index contributed by atoms with van der Waals surface area (Å²) in [5, 5.41) is 9.69. The van der Waals surface area contributed by atoms with Crippen LogP contribution in [0.2, 0.25) is 0 Å². The fourth-order valence-corrected chi connectivity index (χ4v) is 1.69. The van der Waals surface area contributed by atoms with Gasteiger partial charge in [0.2, 0.25) is 11.8 Å². The largest absolute Gasteiger partial charge is 0.508 e. The van der Waals surface area contributed by atoms with E-state index in [1.54, 1.807) is 18.2 Å². The summed E-state index contributed by atoms with van der Waals surface area (Å²) in [7, 11) is 0. The number of carbonyl (C=O) groups is 2. The van der Waals surface area contributed by atoms with Crippen molar-refractivity contribution in [2.75, 3.05) is 13.1 Å². The molecule has 0 radical (unpaired) electrons. The molecular formula is C12H17N3O3. The maximum absolute atomic E-state index is 10.9. The number of amides is 2. The molecule has 18 heavy (non-hydrogen) atoms. The monoisotopic (exact) mass is 251 g/mol. The number of phenols is 1. The summed E-state index contributed by atoms with van der Waals surface area (Å²) in [5.74, 6) is -0.994. The lowest BCUT2D eigenvalue weighted by Crippen LogP contribution is -2.39. The summed E-state index contributed by atoms with van der Waals surface area (Å²) in [4.78, 5) is 23.3. The Morgan fingerprint density at radius 2 is 1.78 bits per heavy atom. The molecule has 0 aromatic heterocycles. The number of primary amides is 2. The normalized spacial score (nSPS) is 10.6. The zero-order valence-electron chi connectivity index (χ0n) is 10.2. The van der Waals surface area contributed by atoms with Crippen LogP contribution in [0.4, 0.5) is 0 Å². The van der Waals surface area contributed by atoms with Gasteiger partial charge in [-0.1, -0.05) is 17.7 Å². The first-order chi connectivity index (χ1) is 8.38. The topological polar surface area (TPSA) is 110 Å². The highest BCUT2D eigenvalue weighted by Crippen LogP contribution is 2.19. The molecule has 0 aliphatic rings. The number of aryl methyl sites for hydroxylation is 1. The quantitative estimate of drug-likeness (QED) is 0.631. The Labute approximate surface area is 105 Å². The number of phenolic OH excluding ortho intramolecular Hbond substituents is 1. The fraction of sp³-hybridized carbons (Fsp3) is 0.333. The van der Waals surface area contributed by atoms with Crippen molar-refractivity contribution in [2.45, 2.75) is 13.5 Å². The predicted octanol–water partition coefficient (Wildman–Crippen LogP) is -0.527. The van der Waals surface area contributed by atoms with Crippen molar-refractivity contribution in [2.24, 2.45) is 11.5 Å². The van der Waals surface area contributed by atoms with Gasteiger partial charge in [-0.15, -0.1) is 0 Å². The van der Waals surface area contributed by atoms with Gasteiger partial charge in [0.15, 0.2) is 0 Å². The average molecular weight is 251 g/mol. The summed E-state index contributed by atoms with van der Waals surface area (Å²) in [5.41, 5.74) is 11.8. The molecule has 1 aromatic carbocycles. The maximum atomic E-state index is 10.9. The van der Waals surface area contributed by atoms with Crippen molar-refractivity contribution in [3.8, 4) is 5.75 Å². The number of aromatic hydroxyl groups is 1. The van der Waals surface area contributed by atoms with E-state index in [0.29, 0.717) is 5.56 Å². The lowest BCUT2D eigenvalue weighted by atomic mass is 10.1. The van der Waals surface area contributed by atoms with Gasteiger partial charge < -0.3 is 16.6 Å². The molecule has 0 saturated carbocycles. The highest BCUT2D eigenvalue weighted by Gasteiger charge is 2.13. The molecule has 1 rings (SSSR count). The van der Waals surface area contributed by atoms with Crippen LogP contribution in [-0.4, -0.2) is 34.9 Å². The summed E-state index contributed by atoms with van der Waals surface area (Å²) >= 11 is 0. The van der Waals surface area contributed by atoms with E-state index >= 15 is 0 Å². The highest BCUT2D eigenvalue weighted by atomic mass is 16.3. The van der Waals surface area contributed by atoms with Crippen LogP contribution in [0, 0.1) is 6.92 Å². The van der Waals surface area contributed by atoms with E-state index in [9.17, 15) is 14.7 Å². The number of carbonyl (C=O) groups excluding carboxylic acids is 2. The Bertz CT molecular complexity index is 444. The summed E-state index contributed by atoms with van der Waals surface area (Å²) < 4.78 is 0. The third-order valence-corrected chi connectivity index (χ3v) is 2.39. The first-order valence-corrected chi connectivity index (χ1v) is 5.46. The molecule has 2 amide bonds. The Morgan fingerprint density at radius 1 is 1.22 bits per heavy atom. The van der Waals surface area contributed by atoms with Crippen LogP contribution >= 0.6 is 0 Å². The van der Waals surface area contributed by atoms with Gasteiger partial charge in [-0.25, -0.2) is 0 Å². The SMILES string of the molecule is Cc1ccc(O)c(CN(CC(N)=O)CC(N)=O)c1. The molecule has 6 heteroatoms. The molecule has 0 bridgehead atoms.